The number of hydrogen-bond acceptors (Lipinski definition) is 8. The summed E-state index contributed by atoms with van der Waals surface area (Å²) >= 11 is 0. The number of para-hydroxylation sites is 1. The number of amides is 1. The molecule has 1 atom stereocenters. The maximum atomic E-state index is 14.2. The normalized spacial score (nSPS) is 11.7. The lowest BCUT2D eigenvalue weighted by molar-refractivity contribution is 0.100. The lowest BCUT2D eigenvalue weighted by atomic mass is 9.98. The Bertz CT molecular complexity index is 1720. The number of nitrogens with two attached hydrogens (primary N) is 2. The Morgan fingerprint density at radius 1 is 1.05 bits per heavy atom. The minimum absolute atomic E-state index is 0.0137. The highest BCUT2D eigenvalue weighted by atomic mass is 16.5. The summed E-state index contributed by atoms with van der Waals surface area (Å²) in [6.07, 6.45) is 4.59. The average Bonchev–Trinajstić information content (AvgIpc) is 2.93. The predicted octanol–water partition coefficient (Wildman–Crippen LogP) is 3.71. The Morgan fingerprint density at radius 3 is 2.58 bits per heavy atom. The minimum atomic E-state index is -0.699. The third-order valence-electron chi connectivity index (χ3n) is 6.22. The monoisotopic (exact) mass is 507 g/mol. The Kier molecular flexibility index (Phi) is 6.44. The first-order chi connectivity index (χ1) is 18.4. The molecule has 190 valence electrons. The average molecular weight is 508 g/mol. The van der Waals surface area contributed by atoms with Gasteiger partial charge in [0.15, 0.2) is 0 Å². The molecule has 10 heteroatoms. The SMILES string of the molecule is COc1cncc(-c2cccc3cc([C@H](C)Nc4nc(N)ncc4C(N)=O)n(-c4ccccc4)c(=O)c23)c1. The van der Waals surface area contributed by atoms with Crippen molar-refractivity contribution in [3.8, 4) is 22.6 Å². The Morgan fingerprint density at radius 2 is 1.84 bits per heavy atom. The number of rotatable bonds is 7. The third kappa shape index (κ3) is 4.50. The third-order valence-corrected chi connectivity index (χ3v) is 6.22. The maximum Gasteiger partial charge on any atom is 0.263 e. The molecule has 10 nitrogen and oxygen atoms in total. The molecule has 5 N–H and O–H groups in total. The molecule has 0 fully saturated rings. The van der Waals surface area contributed by atoms with Gasteiger partial charge in [-0.05, 0) is 42.1 Å². The van der Waals surface area contributed by atoms with Crippen molar-refractivity contribution in [1.29, 1.82) is 0 Å². The standard InChI is InChI=1S/C28H25N7O3/c1-16(33-26-22(25(29)36)15-32-28(30)34-26)23-12-17-7-6-10-21(18-11-20(38-2)14-31-13-18)24(17)27(37)35(23)19-8-4-3-5-9-19/h3-16H,1-2H3,(H2,29,36)(H3,30,32,33,34)/t16-/m0/s1. The summed E-state index contributed by atoms with van der Waals surface area (Å²) in [6.45, 7) is 1.86. The van der Waals surface area contributed by atoms with Gasteiger partial charge in [0.25, 0.3) is 11.5 Å². The molecular formula is C28H25N7O3. The second-order valence-corrected chi connectivity index (χ2v) is 8.65. The number of ether oxygens (including phenoxy) is 1. The minimum Gasteiger partial charge on any atom is -0.495 e. The number of carbonyl (C=O) groups excluding carboxylic acids is 1. The van der Waals surface area contributed by atoms with Gasteiger partial charge in [-0.1, -0.05) is 36.4 Å². The molecule has 2 aromatic carbocycles. The molecular weight excluding hydrogens is 482 g/mol. The molecule has 0 aliphatic carbocycles. The summed E-state index contributed by atoms with van der Waals surface area (Å²) in [4.78, 5) is 38.5. The number of hydrogen-bond donors (Lipinski definition) is 3. The van der Waals surface area contributed by atoms with Crippen LogP contribution in [0.5, 0.6) is 5.75 Å². The van der Waals surface area contributed by atoms with Gasteiger partial charge < -0.3 is 21.5 Å². The van der Waals surface area contributed by atoms with E-state index >= 15 is 0 Å². The number of pyridine rings is 2. The van der Waals surface area contributed by atoms with Crippen LogP contribution in [-0.2, 0) is 0 Å². The first-order valence-corrected chi connectivity index (χ1v) is 11.8. The van der Waals surface area contributed by atoms with Crippen LogP contribution in [0, 0.1) is 0 Å². The molecule has 3 heterocycles. The van der Waals surface area contributed by atoms with E-state index in [1.807, 2.05) is 67.6 Å². The first-order valence-electron chi connectivity index (χ1n) is 11.8. The highest BCUT2D eigenvalue weighted by Crippen LogP contribution is 2.31. The van der Waals surface area contributed by atoms with Crippen molar-refractivity contribution < 1.29 is 9.53 Å². The van der Waals surface area contributed by atoms with Crippen molar-refractivity contribution >= 4 is 28.4 Å². The number of carbonyl (C=O) groups is 1. The van der Waals surface area contributed by atoms with Crippen LogP contribution in [-0.4, -0.2) is 32.5 Å². The van der Waals surface area contributed by atoms with Gasteiger partial charge in [0, 0.05) is 29.3 Å². The quantitative estimate of drug-likeness (QED) is 0.302. The second-order valence-electron chi connectivity index (χ2n) is 8.65. The molecule has 5 rings (SSSR count). The molecule has 0 radical (unpaired) electrons. The van der Waals surface area contributed by atoms with Gasteiger partial charge in [0.2, 0.25) is 5.95 Å². The number of benzene rings is 2. The van der Waals surface area contributed by atoms with Crippen LogP contribution in [0.15, 0.2) is 84.0 Å². The second kappa shape index (κ2) is 10.0. The van der Waals surface area contributed by atoms with Gasteiger partial charge in [-0.15, -0.1) is 0 Å². The highest BCUT2D eigenvalue weighted by Gasteiger charge is 2.21. The van der Waals surface area contributed by atoms with E-state index in [4.69, 9.17) is 16.2 Å². The van der Waals surface area contributed by atoms with Gasteiger partial charge in [-0.3, -0.25) is 19.1 Å². The number of anilines is 2. The highest BCUT2D eigenvalue weighted by molar-refractivity contribution is 5.98. The zero-order valence-corrected chi connectivity index (χ0v) is 20.8. The molecule has 1 amide bonds. The Balaban J connectivity index is 1.74. The van der Waals surface area contributed by atoms with Crippen LogP contribution in [0.2, 0.25) is 0 Å². The van der Waals surface area contributed by atoms with E-state index in [1.54, 1.807) is 24.1 Å². The van der Waals surface area contributed by atoms with Gasteiger partial charge in [0.05, 0.1) is 30.3 Å². The molecule has 0 aliphatic heterocycles. The summed E-state index contributed by atoms with van der Waals surface area (Å²) < 4.78 is 6.99. The van der Waals surface area contributed by atoms with Gasteiger partial charge in [0.1, 0.15) is 11.6 Å². The zero-order valence-electron chi connectivity index (χ0n) is 20.8. The summed E-state index contributed by atoms with van der Waals surface area (Å²) in [5, 5.41) is 4.47. The molecule has 0 spiro atoms. The number of fused-ring (bicyclic) bond motifs is 1. The number of aromatic nitrogens is 4. The van der Waals surface area contributed by atoms with E-state index in [1.165, 1.54) is 6.20 Å². The lowest BCUT2D eigenvalue weighted by Gasteiger charge is -2.22. The van der Waals surface area contributed by atoms with Crippen molar-refractivity contribution in [2.24, 2.45) is 5.73 Å². The molecule has 0 bridgehead atoms. The number of primary amides is 1. The van der Waals surface area contributed by atoms with Crippen LogP contribution >= 0.6 is 0 Å². The fourth-order valence-electron chi connectivity index (χ4n) is 4.43. The van der Waals surface area contributed by atoms with E-state index in [0.29, 0.717) is 22.5 Å². The molecule has 0 saturated carbocycles. The fraction of sp³-hybridized carbons (Fsp3) is 0.107. The van der Waals surface area contributed by atoms with Crippen molar-refractivity contribution in [3.05, 3.63) is 101 Å². The van der Waals surface area contributed by atoms with Gasteiger partial charge in [-0.2, -0.15) is 4.98 Å². The zero-order chi connectivity index (χ0) is 26.8. The van der Waals surface area contributed by atoms with Crippen LogP contribution in [0.1, 0.15) is 29.0 Å². The number of nitrogens with zero attached hydrogens (tertiary/aromatic N) is 4. The van der Waals surface area contributed by atoms with Gasteiger partial charge >= 0.3 is 0 Å². The summed E-state index contributed by atoms with van der Waals surface area (Å²) in [5.74, 6) is 0.0583. The van der Waals surface area contributed by atoms with Crippen molar-refractivity contribution in [3.63, 3.8) is 0 Å². The molecule has 3 aromatic heterocycles. The Hall–Kier alpha value is -5.25. The smallest absolute Gasteiger partial charge is 0.263 e. The molecule has 0 aliphatic rings. The van der Waals surface area contributed by atoms with E-state index in [2.05, 4.69) is 20.3 Å². The lowest BCUT2D eigenvalue weighted by Crippen LogP contribution is -2.26. The number of methoxy groups -OCH3 is 1. The topological polar surface area (TPSA) is 151 Å². The molecule has 0 saturated heterocycles. The molecule has 5 aromatic rings. The number of nitrogen functional groups attached to an aromatic ring is 1. The maximum absolute atomic E-state index is 14.2. The van der Waals surface area contributed by atoms with Crippen molar-refractivity contribution in [2.45, 2.75) is 13.0 Å². The Labute approximate surface area is 217 Å². The summed E-state index contributed by atoms with van der Waals surface area (Å²) in [7, 11) is 1.57. The fourth-order valence-corrected chi connectivity index (χ4v) is 4.43. The molecule has 38 heavy (non-hydrogen) atoms. The summed E-state index contributed by atoms with van der Waals surface area (Å²) in [5.41, 5.74) is 14.0. The van der Waals surface area contributed by atoms with E-state index in [-0.39, 0.29) is 22.9 Å². The van der Waals surface area contributed by atoms with Crippen molar-refractivity contribution in [2.75, 3.05) is 18.2 Å². The first kappa shape index (κ1) is 24.4. The van der Waals surface area contributed by atoms with Crippen LogP contribution < -0.4 is 27.1 Å². The molecule has 0 unspecified atom stereocenters. The van der Waals surface area contributed by atoms with Crippen molar-refractivity contribution in [1.82, 2.24) is 19.5 Å². The largest absolute Gasteiger partial charge is 0.495 e. The van der Waals surface area contributed by atoms with E-state index < -0.39 is 11.9 Å². The summed E-state index contributed by atoms with van der Waals surface area (Å²) in [6, 6.07) is 18.3. The number of nitrogens with one attached hydrogen (secondary N) is 1. The predicted molar refractivity (Wildman–Crippen MR) is 146 cm³/mol. The van der Waals surface area contributed by atoms with E-state index in [9.17, 15) is 9.59 Å². The van der Waals surface area contributed by atoms with Crippen LogP contribution in [0.3, 0.4) is 0 Å². The van der Waals surface area contributed by atoms with Crippen LogP contribution in [0.25, 0.3) is 27.6 Å². The van der Waals surface area contributed by atoms with Gasteiger partial charge in [-0.25, -0.2) is 4.98 Å². The van der Waals surface area contributed by atoms with E-state index in [0.717, 1.165) is 16.5 Å². The van der Waals surface area contributed by atoms with Crippen LogP contribution in [0.4, 0.5) is 11.8 Å².